The molecule has 1 aromatic carbocycles. The summed E-state index contributed by atoms with van der Waals surface area (Å²) in [4.78, 5) is 0. The van der Waals surface area contributed by atoms with Gasteiger partial charge in [0.2, 0.25) is 0 Å². The Labute approximate surface area is 199 Å². The molecule has 1 heterocycles. The molecule has 0 N–H and O–H groups in total. The number of aromatic nitrogens is 2. The standard InChI is InChI=1S/C30H51N2/c1-3-5-7-9-10-11-12-13-14-15-16-21-25-31-26-27-32(28-29-22-18-17-19-23-29)30(31)24-20-8-6-4-2/h17-19,22-23,26-27H,3-16,20-21,24-25,28H2,1-2H3/q+1. The molecule has 2 aromatic rings. The molecule has 2 rings (SSSR count). The molecule has 0 saturated carbocycles. The first kappa shape index (κ1) is 26.7. The van der Waals surface area contributed by atoms with Crippen LogP contribution >= 0.6 is 0 Å². The molecule has 0 unspecified atom stereocenters. The third-order valence-electron chi connectivity index (χ3n) is 6.79. The quantitative estimate of drug-likeness (QED) is 0.144. The van der Waals surface area contributed by atoms with E-state index >= 15 is 0 Å². The molecule has 0 aliphatic heterocycles. The van der Waals surface area contributed by atoms with Crippen LogP contribution < -0.4 is 4.57 Å². The molecule has 0 saturated heterocycles. The van der Waals surface area contributed by atoms with Crippen LogP contribution in [0.3, 0.4) is 0 Å². The summed E-state index contributed by atoms with van der Waals surface area (Å²) in [7, 11) is 0. The number of nitrogens with zero attached hydrogens (tertiary/aromatic N) is 2. The van der Waals surface area contributed by atoms with Gasteiger partial charge in [0.05, 0.1) is 6.54 Å². The minimum Gasteiger partial charge on any atom is -0.234 e. The lowest BCUT2D eigenvalue weighted by Crippen LogP contribution is -2.37. The van der Waals surface area contributed by atoms with Crippen LogP contribution in [0.4, 0.5) is 0 Å². The molecule has 0 amide bonds. The van der Waals surface area contributed by atoms with E-state index in [-0.39, 0.29) is 0 Å². The van der Waals surface area contributed by atoms with Gasteiger partial charge in [0.25, 0.3) is 5.82 Å². The van der Waals surface area contributed by atoms with Gasteiger partial charge in [-0.15, -0.1) is 0 Å². The number of hydrogen-bond donors (Lipinski definition) is 0. The molecule has 0 atom stereocenters. The summed E-state index contributed by atoms with van der Waals surface area (Å²) >= 11 is 0. The molecule has 32 heavy (non-hydrogen) atoms. The smallest absolute Gasteiger partial charge is 0.234 e. The van der Waals surface area contributed by atoms with E-state index in [1.54, 1.807) is 0 Å². The average molecular weight is 440 g/mol. The second kappa shape index (κ2) is 17.9. The summed E-state index contributed by atoms with van der Waals surface area (Å²) in [6.45, 7) is 6.77. The monoisotopic (exact) mass is 439 g/mol. The van der Waals surface area contributed by atoms with E-state index in [4.69, 9.17) is 0 Å². The summed E-state index contributed by atoms with van der Waals surface area (Å²) in [6.07, 6.45) is 28.2. The van der Waals surface area contributed by atoms with E-state index < -0.39 is 0 Å². The van der Waals surface area contributed by atoms with Crippen molar-refractivity contribution in [2.45, 2.75) is 136 Å². The van der Waals surface area contributed by atoms with Crippen LogP contribution in [0.25, 0.3) is 0 Å². The van der Waals surface area contributed by atoms with E-state index in [9.17, 15) is 0 Å². The van der Waals surface area contributed by atoms with Crippen LogP contribution in [0.15, 0.2) is 42.7 Å². The summed E-state index contributed by atoms with van der Waals surface area (Å²) < 4.78 is 5.03. The van der Waals surface area contributed by atoms with E-state index in [0.29, 0.717) is 0 Å². The number of unbranched alkanes of at least 4 members (excludes halogenated alkanes) is 14. The maximum absolute atomic E-state index is 2.55. The van der Waals surface area contributed by atoms with Crippen LogP contribution in [-0.4, -0.2) is 4.57 Å². The molecule has 0 bridgehead atoms. The second-order valence-corrected chi connectivity index (χ2v) is 9.72. The largest absolute Gasteiger partial charge is 0.256 e. The van der Waals surface area contributed by atoms with Crippen molar-refractivity contribution in [3.8, 4) is 0 Å². The van der Waals surface area contributed by atoms with E-state index in [1.807, 2.05) is 0 Å². The Balaban J connectivity index is 1.68. The van der Waals surface area contributed by atoms with Gasteiger partial charge >= 0.3 is 0 Å². The summed E-state index contributed by atoms with van der Waals surface area (Å²) in [5, 5.41) is 0. The highest BCUT2D eigenvalue weighted by Gasteiger charge is 2.16. The van der Waals surface area contributed by atoms with Crippen molar-refractivity contribution in [3.05, 3.63) is 54.1 Å². The van der Waals surface area contributed by atoms with Gasteiger partial charge < -0.3 is 0 Å². The maximum atomic E-state index is 2.55. The van der Waals surface area contributed by atoms with Crippen molar-refractivity contribution in [2.24, 2.45) is 0 Å². The van der Waals surface area contributed by atoms with E-state index in [1.165, 1.54) is 127 Å². The molecule has 0 fully saturated rings. The van der Waals surface area contributed by atoms with Crippen molar-refractivity contribution >= 4 is 0 Å². The fraction of sp³-hybridized carbons (Fsp3) is 0.700. The molecule has 0 spiro atoms. The zero-order chi connectivity index (χ0) is 22.7. The zero-order valence-electron chi connectivity index (χ0n) is 21.4. The fourth-order valence-electron chi connectivity index (χ4n) is 4.75. The lowest BCUT2D eigenvalue weighted by atomic mass is 10.1. The first-order valence-corrected chi connectivity index (χ1v) is 14.0. The molecule has 0 aliphatic carbocycles. The highest BCUT2D eigenvalue weighted by molar-refractivity contribution is 5.15. The van der Waals surface area contributed by atoms with Crippen molar-refractivity contribution < 1.29 is 4.57 Å². The Morgan fingerprint density at radius 1 is 0.625 bits per heavy atom. The number of hydrogen-bond acceptors (Lipinski definition) is 0. The number of imidazole rings is 1. The Kier molecular flexibility index (Phi) is 14.9. The number of benzene rings is 1. The van der Waals surface area contributed by atoms with E-state index in [0.717, 1.165) is 6.54 Å². The van der Waals surface area contributed by atoms with Gasteiger partial charge in [-0.3, -0.25) is 0 Å². The van der Waals surface area contributed by atoms with Crippen LogP contribution in [-0.2, 0) is 19.5 Å². The summed E-state index contributed by atoms with van der Waals surface area (Å²) in [5.74, 6) is 1.52. The van der Waals surface area contributed by atoms with Crippen LogP contribution in [0.2, 0.25) is 0 Å². The summed E-state index contributed by atoms with van der Waals surface area (Å²) in [6, 6.07) is 10.9. The SMILES string of the molecule is CCCCCCCCCCCCCC[n+]1ccn(Cc2ccccc2)c1CCCCCC. The fourth-order valence-corrected chi connectivity index (χ4v) is 4.75. The van der Waals surface area contributed by atoms with Crippen molar-refractivity contribution in [3.63, 3.8) is 0 Å². The molecule has 0 aliphatic rings. The Bertz CT molecular complexity index is 673. The minimum absolute atomic E-state index is 0.995. The minimum atomic E-state index is 0.995. The van der Waals surface area contributed by atoms with Gasteiger partial charge in [-0.2, -0.15) is 0 Å². The van der Waals surface area contributed by atoms with Gasteiger partial charge in [0, 0.05) is 6.42 Å². The Morgan fingerprint density at radius 3 is 1.75 bits per heavy atom. The molecule has 0 radical (unpaired) electrons. The first-order valence-electron chi connectivity index (χ1n) is 14.0. The molecule has 180 valence electrons. The number of rotatable bonds is 20. The van der Waals surface area contributed by atoms with Crippen molar-refractivity contribution in [1.82, 2.24) is 4.57 Å². The topological polar surface area (TPSA) is 8.81 Å². The zero-order valence-corrected chi connectivity index (χ0v) is 21.4. The number of aryl methyl sites for hydroxylation is 1. The predicted octanol–water partition coefficient (Wildman–Crippen LogP) is 8.65. The van der Waals surface area contributed by atoms with Gasteiger partial charge in [0.1, 0.15) is 18.9 Å². The van der Waals surface area contributed by atoms with Gasteiger partial charge in [-0.05, 0) is 24.8 Å². The summed E-state index contributed by atoms with van der Waals surface area (Å²) in [5.41, 5.74) is 1.40. The average Bonchev–Trinajstić information content (AvgIpc) is 3.19. The molecule has 2 nitrogen and oxygen atoms in total. The van der Waals surface area contributed by atoms with Crippen LogP contribution in [0.5, 0.6) is 0 Å². The Morgan fingerprint density at radius 2 is 1.16 bits per heavy atom. The molecular weight excluding hydrogens is 388 g/mol. The van der Waals surface area contributed by atoms with Crippen LogP contribution in [0, 0.1) is 0 Å². The van der Waals surface area contributed by atoms with Crippen molar-refractivity contribution in [1.29, 1.82) is 0 Å². The third-order valence-corrected chi connectivity index (χ3v) is 6.79. The molecule has 1 aromatic heterocycles. The predicted molar refractivity (Wildman–Crippen MR) is 139 cm³/mol. The normalized spacial score (nSPS) is 11.3. The maximum Gasteiger partial charge on any atom is 0.256 e. The third kappa shape index (κ3) is 11.3. The Hall–Kier alpha value is -1.57. The van der Waals surface area contributed by atoms with Gasteiger partial charge in [0.15, 0.2) is 0 Å². The first-order chi connectivity index (χ1) is 15.8. The lowest BCUT2D eigenvalue weighted by molar-refractivity contribution is -0.704. The highest BCUT2D eigenvalue weighted by atomic mass is 15.1. The second-order valence-electron chi connectivity index (χ2n) is 9.72. The molecular formula is C30H51N2+. The van der Waals surface area contributed by atoms with Gasteiger partial charge in [-0.1, -0.05) is 128 Å². The van der Waals surface area contributed by atoms with E-state index in [2.05, 4.69) is 65.7 Å². The van der Waals surface area contributed by atoms with Crippen LogP contribution in [0.1, 0.15) is 128 Å². The lowest BCUT2D eigenvalue weighted by Gasteiger charge is -2.07. The van der Waals surface area contributed by atoms with Gasteiger partial charge in [-0.25, -0.2) is 9.13 Å². The van der Waals surface area contributed by atoms with Crippen molar-refractivity contribution in [2.75, 3.05) is 0 Å². The highest BCUT2D eigenvalue weighted by Crippen LogP contribution is 2.13. The molecule has 2 heteroatoms.